The predicted molar refractivity (Wildman–Crippen MR) is 114 cm³/mol. The minimum absolute atomic E-state index is 0.367. The Kier molecular flexibility index (Phi) is 7.11. The summed E-state index contributed by atoms with van der Waals surface area (Å²) in [5, 5.41) is 5.21. The fourth-order valence-corrected chi connectivity index (χ4v) is 2.80. The van der Waals surface area contributed by atoms with E-state index in [2.05, 4.69) is 10.6 Å². The molecule has 7 heteroatoms. The highest BCUT2D eigenvalue weighted by Crippen LogP contribution is 2.17. The van der Waals surface area contributed by atoms with Crippen molar-refractivity contribution >= 4 is 23.5 Å². The summed E-state index contributed by atoms with van der Waals surface area (Å²) in [5.74, 6) is -2.24. The van der Waals surface area contributed by atoms with E-state index in [1.54, 1.807) is 60.7 Å². The number of carbonyl (C=O) groups excluding carboxylic acids is 3. The van der Waals surface area contributed by atoms with Gasteiger partial charge in [-0.3, -0.25) is 9.59 Å². The number of benzene rings is 3. The maximum Gasteiger partial charge on any atom is 0.334 e. The van der Waals surface area contributed by atoms with Gasteiger partial charge in [-0.15, -0.1) is 0 Å². The van der Waals surface area contributed by atoms with Crippen LogP contribution in [0.5, 0.6) is 0 Å². The van der Waals surface area contributed by atoms with Gasteiger partial charge in [-0.25, -0.2) is 9.18 Å². The van der Waals surface area contributed by atoms with Crippen LogP contribution in [0.15, 0.2) is 84.9 Å². The van der Waals surface area contributed by atoms with E-state index in [4.69, 9.17) is 4.74 Å². The van der Waals surface area contributed by atoms with Crippen LogP contribution in [0.4, 0.5) is 10.1 Å². The van der Waals surface area contributed by atoms with Gasteiger partial charge < -0.3 is 15.4 Å². The molecular formula is C24H21FN2O4. The number of ether oxygens (including phenoxy) is 1. The van der Waals surface area contributed by atoms with Crippen molar-refractivity contribution in [3.05, 3.63) is 102 Å². The van der Waals surface area contributed by atoms with Crippen LogP contribution in [0.1, 0.15) is 28.9 Å². The zero-order valence-corrected chi connectivity index (χ0v) is 16.7. The molecule has 0 aliphatic heterocycles. The third kappa shape index (κ3) is 5.99. The first-order chi connectivity index (χ1) is 14.9. The van der Waals surface area contributed by atoms with E-state index in [1.165, 1.54) is 31.2 Å². The number of carbonyl (C=O) groups is 3. The molecule has 6 nitrogen and oxygen atoms in total. The van der Waals surface area contributed by atoms with Crippen LogP contribution < -0.4 is 10.6 Å². The fourth-order valence-electron chi connectivity index (χ4n) is 2.80. The van der Waals surface area contributed by atoms with Gasteiger partial charge in [-0.1, -0.05) is 48.5 Å². The molecule has 3 aromatic carbocycles. The van der Waals surface area contributed by atoms with Crippen LogP contribution in [0.3, 0.4) is 0 Å². The SMILES string of the molecule is C[C@H](OC(=O)[C@@H](NC(=O)c1ccccc1)c1ccccc1)C(=O)Nc1ccc(F)cc1. The Labute approximate surface area is 179 Å². The minimum Gasteiger partial charge on any atom is -0.451 e. The molecule has 158 valence electrons. The highest BCUT2D eigenvalue weighted by molar-refractivity contribution is 5.98. The molecule has 0 saturated heterocycles. The van der Waals surface area contributed by atoms with Gasteiger partial charge in [0.05, 0.1) is 0 Å². The largest absolute Gasteiger partial charge is 0.451 e. The van der Waals surface area contributed by atoms with Gasteiger partial charge in [0.2, 0.25) is 0 Å². The molecule has 0 bridgehead atoms. The van der Waals surface area contributed by atoms with Crippen molar-refractivity contribution in [3.63, 3.8) is 0 Å². The third-order valence-corrected chi connectivity index (χ3v) is 4.45. The van der Waals surface area contributed by atoms with E-state index < -0.39 is 35.7 Å². The molecule has 3 aromatic rings. The number of halogens is 1. The van der Waals surface area contributed by atoms with Crippen LogP contribution in [0.2, 0.25) is 0 Å². The summed E-state index contributed by atoms with van der Waals surface area (Å²) >= 11 is 0. The Bertz CT molecular complexity index is 1040. The molecule has 2 amide bonds. The lowest BCUT2D eigenvalue weighted by atomic mass is 10.1. The topological polar surface area (TPSA) is 84.5 Å². The zero-order valence-electron chi connectivity index (χ0n) is 16.7. The summed E-state index contributed by atoms with van der Waals surface area (Å²) in [6.07, 6.45) is -1.14. The predicted octanol–water partition coefficient (Wildman–Crippen LogP) is 3.87. The Hall–Kier alpha value is -4.00. The highest BCUT2D eigenvalue weighted by Gasteiger charge is 2.28. The first kappa shape index (κ1) is 21.7. The van der Waals surface area contributed by atoms with E-state index in [-0.39, 0.29) is 0 Å². The van der Waals surface area contributed by atoms with E-state index in [1.807, 2.05) is 0 Å². The number of rotatable bonds is 7. The fraction of sp³-hybridized carbons (Fsp3) is 0.125. The first-order valence-electron chi connectivity index (χ1n) is 9.62. The zero-order chi connectivity index (χ0) is 22.2. The summed E-state index contributed by atoms with van der Waals surface area (Å²) in [6, 6.07) is 21.2. The molecule has 0 aliphatic carbocycles. The number of amides is 2. The lowest BCUT2D eigenvalue weighted by molar-refractivity contribution is -0.155. The van der Waals surface area contributed by atoms with Crippen LogP contribution in [0.25, 0.3) is 0 Å². The van der Waals surface area contributed by atoms with Crippen molar-refractivity contribution < 1.29 is 23.5 Å². The van der Waals surface area contributed by atoms with Gasteiger partial charge in [0.1, 0.15) is 5.82 Å². The van der Waals surface area contributed by atoms with Crippen molar-refractivity contribution in [2.75, 3.05) is 5.32 Å². The van der Waals surface area contributed by atoms with E-state index >= 15 is 0 Å². The molecule has 31 heavy (non-hydrogen) atoms. The maximum atomic E-state index is 13.0. The van der Waals surface area contributed by atoms with Crippen LogP contribution >= 0.6 is 0 Å². The first-order valence-corrected chi connectivity index (χ1v) is 9.62. The number of hydrogen-bond donors (Lipinski definition) is 2. The summed E-state index contributed by atoms with van der Waals surface area (Å²) in [5.41, 5.74) is 1.27. The van der Waals surface area contributed by atoms with Crippen molar-refractivity contribution in [2.45, 2.75) is 19.1 Å². The normalized spacial score (nSPS) is 12.3. The van der Waals surface area contributed by atoms with Crippen LogP contribution in [-0.4, -0.2) is 23.9 Å². The molecule has 0 unspecified atom stereocenters. The Balaban J connectivity index is 1.71. The van der Waals surface area contributed by atoms with Gasteiger partial charge in [-0.05, 0) is 48.9 Å². The number of anilines is 1. The van der Waals surface area contributed by atoms with Gasteiger partial charge in [0, 0.05) is 11.3 Å². The summed E-state index contributed by atoms with van der Waals surface area (Å²) in [4.78, 5) is 37.8. The minimum atomic E-state index is -1.14. The molecule has 0 aromatic heterocycles. The Morgan fingerprint density at radius 2 is 1.42 bits per heavy atom. The third-order valence-electron chi connectivity index (χ3n) is 4.45. The second-order valence-corrected chi connectivity index (χ2v) is 6.76. The lowest BCUT2D eigenvalue weighted by Gasteiger charge is -2.21. The Morgan fingerprint density at radius 1 is 0.839 bits per heavy atom. The molecule has 0 fully saturated rings. The lowest BCUT2D eigenvalue weighted by Crippen LogP contribution is -2.38. The standard InChI is InChI=1S/C24H21FN2O4/c1-16(22(28)26-20-14-12-19(25)13-15-20)31-24(30)21(17-8-4-2-5-9-17)27-23(29)18-10-6-3-7-11-18/h2-16,21H,1H3,(H,26,28)(H,27,29)/t16-,21-/m0/s1. The average molecular weight is 420 g/mol. The Morgan fingerprint density at radius 3 is 2.03 bits per heavy atom. The van der Waals surface area contributed by atoms with Crippen molar-refractivity contribution in [1.29, 1.82) is 0 Å². The van der Waals surface area contributed by atoms with Crippen molar-refractivity contribution in [3.8, 4) is 0 Å². The number of nitrogens with one attached hydrogen (secondary N) is 2. The van der Waals surface area contributed by atoms with Gasteiger partial charge in [-0.2, -0.15) is 0 Å². The van der Waals surface area contributed by atoms with Crippen LogP contribution in [-0.2, 0) is 14.3 Å². The molecule has 2 N–H and O–H groups in total. The van der Waals surface area contributed by atoms with Crippen molar-refractivity contribution in [2.24, 2.45) is 0 Å². The van der Waals surface area contributed by atoms with Gasteiger partial charge in [0.15, 0.2) is 12.1 Å². The molecule has 0 heterocycles. The summed E-state index contributed by atoms with van der Waals surface area (Å²) in [7, 11) is 0. The molecular weight excluding hydrogens is 399 g/mol. The molecule has 0 spiro atoms. The highest BCUT2D eigenvalue weighted by atomic mass is 19.1. The van der Waals surface area contributed by atoms with Crippen molar-refractivity contribution in [1.82, 2.24) is 5.32 Å². The molecule has 2 atom stereocenters. The quantitative estimate of drug-likeness (QED) is 0.569. The molecule has 0 aliphatic rings. The number of esters is 1. The second kappa shape index (κ2) is 10.2. The second-order valence-electron chi connectivity index (χ2n) is 6.76. The monoisotopic (exact) mass is 420 g/mol. The summed E-state index contributed by atoms with van der Waals surface area (Å²) < 4.78 is 18.3. The van der Waals surface area contributed by atoms with Crippen LogP contribution in [0, 0.1) is 5.82 Å². The molecule has 0 radical (unpaired) electrons. The average Bonchev–Trinajstić information content (AvgIpc) is 2.79. The molecule has 3 rings (SSSR count). The summed E-state index contributed by atoms with van der Waals surface area (Å²) in [6.45, 7) is 1.41. The van der Waals surface area contributed by atoms with E-state index in [9.17, 15) is 18.8 Å². The van der Waals surface area contributed by atoms with E-state index in [0.717, 1.165) is 0 Å². The smallest absolute Gasteiger partial charge is 0.334 e. The van der Waals surface area contributed by atoms with Gasteiger partial charge in [0.25, 0.3) is 11.8 Å². The molecule has 0 saturated carbocycles. The van der Waals surface area contributed by atoms with E-state index in [0.29, 0.717) is 16.8 Å². The number of hydrogen-bond acceptors (Lipinski definition) is 4. The van der Waals surface area contributed by atoms with Gasteiger partial charge >= 0.3 is 5.97 Å². The maximum absolute atomic E-state index is 13.0.